The maximum Gasteiger partial charge on any atom is 0.230 e. The highest BCUT2D eigenvalue weighted by Gasteiger charge is 2.20. The highest BCUT2D eigenvalue weighted by Crippen LogP contribution is 2.12. The van der Waals surface area contributed by atoms with Gasteiger partial charge in [0, 0.05) is 5.69 Å². The first-order chi connectivity index (χ1) is 9.15. The maximum absolute atomic E-state index is 11.9. The average Bonchev–Trinajstić information content (AvgIpc) is 2.41. The molecule has 4 nitrogen and oxygen atoms in total. The molecule has 1 aliphatic rings. The van der Waals surface area contributed by atoms with E-state index < -0.39 is 0 Å². The van der Waals surface area contributed by atoms with Gasteiger partial charge in [0.05, 0.1) is 20.0 Å². The van der Waals surface area contributed by atoms with E-state index in [2.05, 4.69) is 12.4 Å². The number of quaternary nitrogens is 2. The number of amides is 1. The molecule has 1 aromatic carbocycles. The van der Waals surface area contributed by atoms with Crippen molar-refractivity contribution >= 4 is 11.6 Å². The van der Waals surface area contributed by atoms with Gasteiger partial charge in [-0.15, -0.1) is 0 Å². The Kier molecular flexibility index (Phi) is 4.93. The summed E-state index contributed by atoms with van der Waals surface area (Å²) in [5.74, 6) is 0.132. The minimum atomic E-state index is 0.132. The zero-order valence-electron chi connectivity index (χ0n) is 12.0. The van der Waals surface area contributed by atoms with Crippen LogP contribution in [0, 0.1) is 6.92 Å². The second kappa shape index (κ2) is 6.68. The Labute approximate surface area is 115 Å². The van der Waals surface area contributed by atoms with E-state index in [-0.39, 0.29) is 5.91 Å². The SMILES string of the molecule is Cc1ccccc1NC(=O)CC[NH+]1CC[NH+](C)CC1. The summed E-state index contributed by atoms with van der Waals surface area (Å²) in [6, 6.07) is 7.92. The van der Waals surface area contributed by atoms with Gasteiger partial charge < -0.3 is 15.1 Å². The first kappa shape index (κ1) is 14.0. The largest absolute Gasteiger partial charge is 0.328 e. The number of para-hydroxylation sites is 1. The standard InChI is InChI=1S/C15H23N3O/c1-13-5-3-4-6-14(13)16-15(19)7-8-18-11-9-17(2)10-12-18/h3-6H,7-12H2,1-2H3,(H,16,19)/p+2. The van der Waals surface area contributed by atoms with Crippen LogP contribution in [0.1, 0.15) is 12.0 Å². The van der Waals surface area contributed by atoms with E-state index in [1.807, 2.05) is 31.2 Å². The molecule has 1 amide bonds. The molecule has 0 radical (unpaired) electrons. The molecule has 0 bridgehead atoms. The van der Waals surface area contributed by atoms with Crippen molar-refractivity contribution in [3.05, 3.63) is 29.8 Å². The Morgan fingerprint density at radius 1 is 1.21 bits per heavy atom. The van der Waals surface area contributed by atoms with Crippen LogP contribution in [0.2, 0.25) is 0 Å². The number of anilines is 1. The van der Waals surface area contributed by atoms with E-state index >= 15 is 0 Å². The van der Waals surface area contributed by atoms with Gasteiger partial charge in [-0.2, -0.15) is 0 Å². The van der Waals surface area contributed by atoms with Gasteiger partial charge in [-0.1, -0.05) is 18.2 Å². The molecule has 1 heterocycles. The number of hydrogen-bond acceptors (Lipinski definition) is 1. The lowest BCUT2D eigenvalue weighted by molar-refractivity contribution is -1.00. The van der Waals surface area contributed by atoms with Crippen molar-refractivity contribution in [1.29, 1.82) is 0 Å². The fourth-order valence-electron chi connectivity index (χ4n) is 2.50. The number of carbonyl (C=O) groups excluding carboxylic acids is 1. The van der Waals surface area contributed by atoms with Crippen molar-refractivity contribution in [1.82, 2.24) is 0 Å². The van der Waals surface area contributed by atoms with Crippen molar-refractivity contribution in [2.45, 2.75) is 13.3 Å². The van der Waals surface area contributed by atoms with Crippen molar-refractivity contribution in [2.75, 3.05) is 45.1 Å². The van der Waals surface area contributed by atoms with E-state index in [0.29, 0.717) is 6.42 Å². The summed E-state index contributed by atoms with van der Waals surface area (Å²) in [7, 11) is 2.24. The maximum atomic E-state index is 11.9. The highest BCUT2D eigenvalue weighted by molar-refractivity contribution is 5.91. The summed E-state index contributed by atoms with van der Waals surface area (Å²) in [6.45, 7) is 7.77. The number of piperazine rings is 1. The number of aryl methyl sites for hydroxylation is 1. The van der Waals surface area contributed by atoms with Gasteiger partial charge in [-0.3, -0.25) is 4.79 Å². The summed E-state index contributed by atoms with van der Waals surface area (Å²) < 4.78 is 0. The smallest absolute Gasteiger partial charge is 0.230 e. The Morgan fingerprint density at radius 2 is 1.89 bits per heavy atom. The second-order valence-corrected chi connectivity index (χ2v) is 5.57. The van der Waals surface area contributed by atoms with Gasteiger partial charge >= 0.3 is 0 Å². The molecule has 4 heteroatoms. The number of hydrogen-bond donors (Lipinski definition) is 3. The fourth-order valence-corrected chi connectivity index (χ4v) is 2.50. The van der Waals surface area contributed by atoms with Crippen molar-refractivity contribution in [3.8, 4) is 0 Å². The third-order valence-corrected chi connectivity index (χ3v) is 3.94. The Bertz CT molecular complexity index is 425. The summed E-state index contributed by atoms with van der Waals surface area (Å²) in [5.41, 5.74) is 2.05. The Hall–Kier alpha value is -1.39. The van der Waals surface area contributed by atoms with Crippen LogP contribution in [0.3, 0.4) is 0 Å². The molecule has 2 rings (SSSR count). The van der Waals surface area contributed by atoms with E-state index in [1.54, 1.807) is 9.80 Å². The lowest BCUT2D eigenvalue weighted by atomic mass is 10.2. The third-order valence-electron chi connectivity index (χ3n) is 3.94. The predicted octanol–water partition coefficient (Wildman–Crippen LogP) is -1.26. The van der Waals surface area contributed by atoms with Crippen LogP contribution in [0.15, 0.2) is 24.3 Å². The molecule has 1 saturated heterocycles. The monoisotopic (exact) mass is 263 g/mol. The predicted molar refractivity (Wildman–Crippen MR) is 76.6 cm³/mol. The molecule has 0 aliphatic carbocycles. The van der Waals surface area contributed by atoms with Gasteiger partial charge in [0.15, 0.2) is 0 Å². The van der Waals surface area contributed by atoms with Crippen LogP contribution in [-0.2, 0) is 4.79 Å². The number of nitrogens with one attached hydrogen (secondary N) is 3. The van der Waals surface area contributed by atoms with E-state index in [9.17, 15) is 4.79 Å². The van der Waals surface area contributed by atoms with E-state index in [4.69, 9.17) is 0 Å². The third kappa shape index (κ3) is 4.33. The van der Waals surface area contributed by atoms with Crippen molar-refractivity contribution in [3.63, 3.8) is 0 Å². The van der Waals surface area contributed by atoms with Crippen molar-refractivity contribution in [2.24, 2.45) is 0 Å². The normalized spacial score (nSPS) is 23.1. The summed E-state index contributed by atoms with van der Waals surface area (Å²) in [6.07, 6.45) is 0.614. The molecule has 1 aliphatic heterocycles. The van der Waals surface area contributed by atoms with Gasteiger partial charge in [0.1, 0.15) is 26.2 Å². The van der Waals surface area contributed by atoms with Crippen LogP contribution >= 0.6 is 0 Å². The molecule has 104 valence electrons. The second-order valence-electron chi connectivity index (χ2n) is 5.57. The molecule has 1 aromatic rings. The van der Waals surface area contributed by atoms with Crippen LogP contribution in [0.25, 0.3) is 0 Å². The van der Waals surface area contributed by atoms with Crippen LogP contribution in [0.4, 0.5) is 5.69 Å². The molecule has 3 N–H and O–H groups in total. The molecule has 0 spiro atoms. The lowest BCUT2D eigenvalue weighted by Crippen LogP contribution is -3.27. The minimum absolute atomic E-state index is 0.132. The Balaban J connectivity index is 1.74. The summed E-state index contributed by atoms with van der Waals surface area (Å²) in [5, 5.41) is 3.00. The molecule has 0 saturated carbocycles. The van der Waals surface area contributed by atoms with Crippen LogP contribution in [0.5, 0.6) is 0 Å². The zero-order chi connectivity index (χ0) is 13.7. The molecular formula is C15H25N3O+2. The molecule has 0 unspecified atom stereocenters. The fraction of sp³-hybridized carbons (Fsp3) is 0.533. The topological polar surface area (TPSA) is 38.0 Å². The molecule has 1 fully saturated rings. The molecule has 19 heavy (non-hydrogen) atoms. The van der Waals surface area contributed by atoms with Crippen LogP contribution in [-0.4, -0.2) is 45.7 Å². The van der Waals surface area contributed by atoms with E-state index in [0.717, 1.165) is 17.8 Å². The van der Waals surface area contributed by atoms with Crippen molar-refractivity contribution < 1.29 is 14.6 Å². The van der Waals surface area contributed by atoms with Gasteiger partial charge in [-0.05, 0) is 18.6 Å². The summed E-state index contributed by atoms with van der Waals surface area (Å²) in [4.78, 5) is 15.1. The van der Waals surface area contributed by atoms with E-state index in [1.165, 1.54) is 26.2 Å². The number of benzene rings is 1. The van der Waals surface area contributed by atoms with Gasteiger partial charge in [0.25, 0.3) is 0 Å². The highest BCUT2D eigenvalue weighted by atomic mass is 16.1. The van der Waals surface area contributed by atoms with Gasteiger partial charge in [-0.25, -0.2) is 0 Å². The van der Waals surface area contributed by atoms with Crippen LogP contribution < -0.4 is 15.1 Å². The summed E-state index contributed by atoms with van der Waals surface area (Å²) >= 11 is 0. The molecular weight excluding hydrogens is 238 g/mol. The first-order valence-electron chi connectivity index (χ1n) is 7.15. The molecule has 0 atom stereocenters. The number of rotatable bonds is 4. The molecule has 0 aromatic heterocycles. The number of likely N-dealkylation sites (N-methyl/N-ethyl adjacent to an activating group) is 1. The number of carbonyl (C=O) groups is 1. The minimum Gasteiger partial charge on any atom is -0.328 e. The first-order valence-corrected chi connectivity index (χ1v) is 7.15. The van der Waals surface area contributed by atoms with Gasteiger partial charge in [0.2, 0.25) is 5.91 Å². The zero-order valence-corrected chi connectivity index (χ0v) is 12.0. The average molecular weight is 263 g/mol. The quantitative estimate of drug-likeness (QED) is 0.623. The lowest BCUT2D eigenvalue weighted by Gasteiger charge is -2.27. The Morgan fingerprint density at radius 3 is 2.58 bits per heavy atom.